The molecule has 4 rings (SSSR count). The topological polar surface area (TPSA) is 32.3 Å². The molecule has 1 aliphatic carbocycles. The second kappa shape index (κ2) is 5.04. The third kappa shape index (κ3) is 1.94. The van der Waals surface area contributed by atoms with Crippen LogP contribution in [0.5, 0.6) is 0 Å². The van der Waals surface area contributed by atoms with Crippen molar-refractivity contribution in [2.45, 2.75) is 49.9 Å². The monoisotopic (exact) mass is 308 g/mol. The summed E-state index contributed by atoms with van der Waals surface area (Å²) in [5, 5.41) is 8.02. The molecule has 2 saturated heterocycles. The second-order valence-electron chi connectivity index (χ2n) is 6.12. The average Bonchev–Trinajstić information content (AvgIpc) is 3.21. The summed E-state index contributed by atoms with van der Waals surface area (Å²) >= 11 is 3.70. The number of nitrogens with zero attached hydrogens (tertiary/aromatic N) is 1. The Morgan fingerprint density at radius 1 is 1.35 bits per heavy atom. The molecule has 1 saturated carbocycles. The van der Waals surface area contributed by atoms with Gasteiger partial charge in [0, 0.05) is 11.8 Å². The molecule has 5 heteroatoms. The number of amides is 1. The maximum atomic E-state index is 13.1. The van der Waals surface area contributed by atoms with Gasteiger partial charge in [0.1, 0.15) is 6.17 Å². The van der Waals surface area contributed by atoms with Crippen molar-refractivity contribution in [2.75, 3.05) is 11.5 Å². The second-order valence-corrected chi connectivity index (χ2v) is 8.05. The largest absolute Gasteiger partial charge is 0.317 e. The zero-order chi connectivity index (χ0) is 13.6. The van der Waals surface area contributed by atoms with E-state index < -0.39 is 0 Å². The number of nitrogens with one attached hydrogen (secondary N) is 1. The third-order valence-electron chi connectivity index (χ3n) is 4.95. The number of hydrogen-bond donors (Lipinski definition) is 1. The number of carbonyl (C=O) groups excluding carboxylic acids is 1. The van der Waals surface area contributed by atoms with E-state index in [1.807, 2.05) is 11.8 Å². The molecule has 1 spiro atoms. The first-order valence-corrected chi connectivity index (χ1v) is 9.60. The molecule has 3 heterocycles. The van der Waals surface area contributed by atoms with Gasteiger partial charge in [0.2, 0.25) is 5.91 Å². The minimum Gasteiger partial charge on any atom is -0.317 e. The Hall–Kier alpha value is -0.520. The van der Waals surface area contributed by atoms with Gasteiger partial charge in [-0.05, 0) is 47.4 Å². The standard InChI is InChI=1S/C15H20N2OS2/c18-14-15(5-1-2-6-15)16-13(11-3-7-19-9-11)17(14)12-4-8-20-10-12/h3,7,9,12-13,16H,1-2,4-6,8,10H2. The summed E-state index contributed by atoms with van der Waals surface area (Å²) in [6, 6.07) is 2.59. The molecule has 2 unspecified atom stereocenters. The third-order valence-corrected chi connectivity index (χ3v) is 6.80. The summed E-state index contributed by atoms with van der Waals surface area (Å²) in [6.45, 7) is 0. The highest BCUT2D eigenvalue weighted by atomic mass is 32.2. The minimum absolute atomic E-state index is 0.107. The summed E-state index contributed by atoms with van der Waals surface area (Å²) in [7, 11) is 0. The summed E-state index contributed by atoms with van der Waals surface area (Å²) in [6.07, 6.45) is 5.65. The van der Waals surface area contributed by atoms with Crippen LogP contribution in [-0.4, -0.2) is 33.9 Å². The summed E-state index contributed by atoms with van der Waals surface area (Å²) in [4.78, 5) is 15.3. The molecule has 2 aliphatic heterocycles. The Bertz CT molecular complexity index is 490. The van der Waals surface area contributed by atoms with Crippen LogP contribution in [-0.2, 0) is 4.79 Å². The van der Waals surface area contributed by atoms with Gasteiger partial charge in [0.25, 0.3) is 0 Å². The van der Waals surface area contributed by atoms with Crippen LogP contribution in [0.1, 0.15) is 43.8 Å². The maximum absolute atomic E-state index is 13.1. The molecular weight excluding hydrogens is 288 g/mol. The minimum atomic E-state index is -0.250. The highest BCUT2D eigenvalue weighted by Gasteiger charge is 2.54. The van der Waals surface area contributed by atoms with E-state index in [4.69, 9.17) is 0 Å². The van der Waals surface area contributed by atoms with Crippen LogP contribution in [0.2, 0.25) is 0 Å². The maximum Gasteiger partial charge on any atom is 0.244 e. The molecule has 3 aliphatic rings. The van der Waals surface area contributed by atoms with Crippen LogP contribution < -0.4 is 5.32 Å². The molecule has 1 amide bonds. The molecule has 3 fully saturated rings. The molecule has 20 heavy (non-hydrogen) atoms. The molecule has 0 radical (unpaired) electrons. The number of hydrogen-bond acceptors (Lipinski definition) is 4. The highest BCUT2D eigenvalue weighted by molar-refractivity contribution is 7.99. The van der Waals surface area contributed by atoms with Gasteiger partial charge in [-0.15, -0.1) is 0 Å². The van der Waals surface area contributed by atoms with Gasteiger partial charge >= 0.3 is 0 Å². The fourth-order valence-corrected chi connectivity index (χ4v) is 5.77. The molecule has 1 N–H and O–H groups in total. The van der Waals surface area contributed by atoms with E-state index in [1.165, 1.54) is 24.2 Å². The highest BCUT2D eigenvalue weighted by Crippen LogP contribution is 2.43. The molecule has 2 atom stereocenters. The van der Waals surface area contributed by atoms with E-state index >= 15 is 0 Å². The van der Waals surface area contributed by atoms with Crippen molar-refractivity contribution in [3.05, 3.63) is 22.4 Å². The first kappa shape index (κ1) is 13.2. The Kier molecular flexibility index (Phi) is 3.32. The van der Waals surface area contributed by atoms with Gasteiger partial charge in [-0.3, -0.25) is 10.1 Å². The number of rotatable bonds is 2. The molecule has 0 bridgehead atoms. The van der Waals surface area contributed by atoms with Gasteiger partial charge < -0.3 is 4.90 Å². The van der Waals surface area contributed by atoms with Crippen LogP contribution in [0.25, 0.3) is 0 Å². The zero-order valence-electron chi connectivity index (χ0n) is 11.5. The van der Waals surface area contributed by atoms with Crippen LogP contribution in [0.15, 0.2) is 16.8 Å². The van der Waals surface area contributed by atoms with Crippen molar-refractivity contribution in [3.8, 4) is 0 Å². The zero-order valence-corrected chi connectivity index (χ0v) is 13.1. The van der Waals surface area contributed by atoms with Crippen molar-refractivity contribution >= 4 is 29.0 Å². The van der Waals surface area contributed by atoms with E-state index in [0.29, 0.717) is 11.9 Å². The van der Waals surface area contributed by atoms with Gasteiger partial charge in [-0.1, -0.05) is 12.8 Å². The van der Waals surface area contributed by atoms with Crippen LogP contribution >= 0.6 is 23.1 Å². The van der Waals surface area contributed by atoms with Gasteiger partial charge in [0.05, 0.1) is 5.54 Å². The van der Waals surface area contributed by atoms with E-state index in [2.05, 4.69) is 27.0 Å². The number of thiophene rings is 1. The van der Waals surface area contributed by atoms with Crippen LogP contribution in [0.4, 0.5) is 0 Å². The van der Waals surface area contributed by atoms with Crippen molar-refractivity contribution in [1.82, 2.24) is 10.2 Å². The predicted octanol–water partition coefficient (Wildman–Crippen LogP) is 3.00. The smallest absolute Gasteiger partial charge is 0.244 e. The SMILES string of the molecule is O=C1N(C2CCSC2)C(c2ccsc2)NC12CCCC2. The molecule has 108 valence electrons. The predicted molar refractivity (Wildman–Crippen MR) is 84.0 cm³/mol. The van der Waals surface area contributed by atoms with Gasteiger partial charge in [-0.25, -0.2) is 0 Å². The summed E-state index contributed by atoms with van der Waals surface area (Å²) in [5.74, 6) is 2.67. The quantitative estimate of drug-likeness (QED) is 0.911. The van der Waals surface area contributed by atoms with Crippen molar-refractivity contribution in [1.29, 1.82) is 0 Å². The van der Waals surface area contributed by atoms with Gasteiger partial charge in [-0.2, -0.15) is 23.1 Å². The van der Waals surface area contributed by atoms with Crippen molar-refractivity contribution < 1.29 is 4.79 Å². The molecule has 1 aromatic rings. The molecular formula is C15H20N2OS2. The van der Waals surface area contributed by atoms with E-state index in [0.717, 1.165) is 25.0 Å². The van der Waals surface area contributed by atoms with E-state index in [9.17, 15) is 4.79 Å². The lowest BCUT2D eigenvalue weighted by Gasteiger charge is -2.29. The number of carbonyl (C=O) groups is 1. The van der Waals surface area contributed by atoms with E-state index in [-0.39, 0.29) is 11.7 Å². The summed E-state index contributed by atoms with van der Waals surface area (Å²) < 4.78 is 0. The fourth-order valence-electron chi connectivity index (χ4n) is 3.89. The van der Waals surface area contributed by atoms with Crippen molar-refractivity contribution in [2.24, 2.45) is 0 Å². The first-order chi connectivity index (χ1) is 9.80. The fraction of sp³-hybridized carbons (Fsp3) is 0.667. The Labute approximate surface area is 128 Å². The number of thioether (sulfide) groups is 1. The van der Waals surface area contributed by atoms with Crippen LogP contribution in [0, 0.1) is 0 Å². The Morgan fingerprint density at radius 2 is 2.20 bits per heavy atom. The first-order valence-electron chi connectivity index (χ1n) is 7.50. The molecule has 0 aromatic carbocycles. The lowest BCUT2D eigenvalue weighted by molar-refractivity contribution is -0.135. The average molecular weight is 308 g/mol. The normalized spacial score (nSPS) is 32.6. The Balaban J connectivity index is 1.69. The van der Waals surface area contributed by atoms with E-state index in [1.54, 1.807) is 11.3 Å². The summed E-state index contributed by atoms with van der Waals surface area (Å²) in [5.41, 5.74) is 1.02. The Morgan fingerprint density at radius 3 is 2.85 bits per heavy atom. The van der Waals surface area contributed by atoms with Crippen molar-refractivity contribution in [3.63, 3.8) is 0 Å². The van der Waals surface area contributed by atoms with Gasteiger partial charge in [0.15, 0.2) is 0 Å². The lowest BCUT2D eigenvalue weighted by atomic mass is 9.97. The van der Waals surface area contributed by atoms with Crippen LogP contribution in [0.3, 0.4) is 0 Å². The molecule has 3 nitrogen and oxygen atoms in total. The lowest BCUT2D eigenvalue weighted by Crippen LogP contribution is -2.45. The molecule has 1 aromatic heterocycles.